The van der Waals surface area contributed by atoms with E-state index in [9.17, 15) is 14.4 Å². The number of rotatable bonds is 5. The van der Waals surface area contributed by atoms with Crippen LogP contribution in [0, 0.1) is 6.92 Å². The van der Waals surface area contributed by atoms with Gasteiger partial charge in [0.2, 0.25) is 5.91 Å². The summed E-state index contributed by atoms with van der Waals surface area (Å²) < 4.78 is 0. The van der Waals surface area contributed by atoms with Gasteiger partial charge in [0.1, 0.15) is 6.54 Å². The number of anilines is 2. The fourth-order valence-corrected chi connectivity index (χ4v) is 4.70. The zero-order valence-corrected chi connectivity index (χ0v) is 18.6. The van der Waals surface area contributed by atoms with Crippen molar-refractivity contribution in [2.45, 2.75) is 19.8 Å². The van der Waals surface area contributed by atoms with Gasteiger partial charge < -0.3 is 10.2 Å². The zero-order valence-electron chi connectivity index (χ0n) is 17.1. The molecular weight excluding hydrogens is 434 g/mol. The molecule has 0 aromatic heterocycles. The first-order valence-corrected chi connectivity index (χ1v) is 11.3. The van der Waals surface area contributed by atoms with Crippen LogP contribution < -0.4 is 10.2 Å². The van der Waals surface area contributed by atoms with Gasteiger partial charge in [-0.3, -0.25) is 19.3 Å². The van der Waals surface area contributed by atoms with Crippen LogP contribution in [0.4, 0.5) is 16.2 Å². The summed E-state index contributed by atoms with van der Waals surface area (Å²) in [5.41, 5.74) is 3.61. The summed E-state index contributed by atoms with van der Waals surface area (Å²) >= 11 is 6.77. The van der Waals surface area contributed by atoms with Crippen LogP contribution in [0.3, 0.4) is 0 Å². The van der Waals surface area contributed by atoms with E-state index in [1.807, 2.05) is 19.1 Å². The van der Waals surface area contributed by atoms with Gasteiger partial charge in [-0.05, 0) is 79.1 Å². The van der Waals surface area contributed by atoms with Gasteiger partial charge in [-0.1, -0.05) is 23.7 Å². The van der Waals surface area contributed by atoms with Crippen LogP contribution in [0.25, 0.3) is 6.08 Å². The van der Waals surface area contributed by atoms with Gasteiger partial charge in [0.15, 0.2) is 0 Å². The molecule has 2 aliphatic heterocycles. The predicted molar refractivity (Wildman–Crippen MR) is 125 cm³/mol. The molecule has 0 saturated carbocycles. The molecule has 2 aromatic carbocycles. The first-order chi connectivity index (χ1) is 14.9. The molecule has 0 unspecified atom stereocenters. The second kappa shape index (κ2) is 9.16. The summed E-state index contributed by atoms with van der Waals surface area (Å²) in [7, 11) is 0. The molecule has 1 N–H and O–H groups in total. The maximum atomic E-state index is 12.8. The third kappa shape index (κ3) is 4.94. The Labute approximate surface area is 190 Å². The van der Waals surface area contributed by atoms with E-state index in [0.29, 0.717) is 15.6 Å². The van der Waals surface area contributed by atoms with Crippen LogP contribution >= 0.6 is 23.4 Å². The molecule has 3 amide bonds. The molecule has 0 spiro atoms. The minimum atomic E-state index is -0.461. The number of hydrogen-bond donors (Lipinski definition) is 1. The highest BCUT2D eigenvalue weighted by molar-refractivity contribution is 8.18. The number of aryl methyl sites for hydroxylation is 1. The Hall–Kier alpha value is -2.77. The maximum absolute atomic E-state index is 12.8. The molecule has 160 valence electrons. The minimum Gasteiger partial charge on any atom is -0.372 e. The van der Waals surface area contributed by atoms with E-state index in [2.05, 4.69) is 16.3 Å². The molecule has 0 atom stereocenters. The zero-order chi connectivity index (χ0) is 22.0. The Morgan fingerprint density at radius 3 is 2.65 bits per heavy atom. The highest BCUT2D eigenvalue weighted by Gasteiger charge is 2.36. The molecule has 2 aromatic rings. The van der Waals surface area contributed by atoms with Crippen molar-refractivity contribution in [1.29, 1.82) is 0 Å². The smallest absolute Gasteiger partial charge is 0.294 e. The Morgan fingerprint density at radius 1 is 1.16 bits per heavy atom. The lowest BCUT2D eigenvalue weighted by Gasteiger charge is -2.18. The molecule has 0 bridgehead atoms. The van der Waals surface area contributed by atoms with Crippen LogP contribution in [0.2, 0.25) is 5.02 Å². The van der Waals surface area contributed by atoms with Crippen molar-refractivity contribution in [2.75, 3.05) is 29.9 Å². The molecule has 2 heterocycles. The van der Waals surface area contributed by atoms with Crippen molar-refractivity contribution in [3.05, 3.63) is 63.5 Å². The van der Waals surface area contributed by atoms with Crippen molar-refractivity contribution in [2.24, 2.45) is 0 Å². The predicted octanol–water partition coefficient (Wildman–Crippen LogP) is 4.92. The molecule has 2 saturated heterocycles. The van der Waals surface area contributed by atoms with Crippen LogP contribution in [-0.2, 0) is 9.59 Å². The fourth-order valence-electron chi connectivity index (χ4n) is 3.68. The number of thioether (sulfide) groups is 1. The molecule has 2 aliphatic rings. The summed E-state index contributed by atoms with van der Waals surface area (Å²) in [6.45, 7) is 3.78. The number of imide groups is 1. The van der Waals surface area contributed by atoms with E-state index in [1.54, 1.807) is 30.3 Å². The molecule has 8 heteroatoms. The highest BCUT2D eigenvalue weighted by atomic mass is 35.5. The molecule has 0 aliphatic carbocycles. The van der Waals surface area contributed by atoms with E-state index in [-0.39, 0.29) is 6.54 Å². The van der Waals surface area contributed by atoms with Gasteiger partial charge in [0.05, 0.1) is 4.91 Å². The van der Waals surface area contributed by atoms with Gasteiger partial charge in [0.25, 0.3) is 11.1 Å². The number of carbonyl (C=O) groups is 3. The standard InChI is InChI=1S/C23H22ClN3O3S/c1-15-11-19(26-9-2-3-10-26)8-7-16(15)12-20-22(29)27(23(30)31-20)14-21(28)25-18-6-4-5-17(24)13-18/h4-8,11-13H,2-3,9-10,14H2,1H3,(H,25,28)/b20-12-. The van der Waals surface area contributed by atoms with Crippen LogP contribution in [-0.4, -0.2) is 41.6 Å². The molecule has 6 nitrogen and oxygen atoms in total. The van der Waals surface area contributed by atoms with Gasteiger partial charge in [-0.2, -0.15) is 0 Å². The van der Waals surface area contributed by atoms with Gasteiger partial charge in [0, 0.05) is 29.5 Å². The van der Waals surface area contributed by atoms with Crippen molar-refractivity contribution in [3.8, 4) is 0 Å². The average Bonchev–Trinajstić information content (AvgIpc) is 3.34. The summed E-state index contributed by atoms with van der Waals surface area (Å²) in [5, 5.41) is 2.68. The Kier molecular flexibility index (Phi) is 6.34. The Bertz CT molecular complexity index is 1080. The first kappa shape index (κ1) is 21.5. The number of halogens is 1. The van der Waals surface area contributed by atoms with Crippen LogP contribution in [0.1, 0.15) is 24.0 Å². The third-order valence-corrected chi connectivity index (χ3v) is 6.44. The van der Waals surface area contributed by atoms with Crippen molar-refractivity contribution in [1.82, 2.24) is 4.90 Å². The average molecular weight is 456 g/mol. The molecular formula is C23H22ClN3O3S. The fraction of sp³-hybridized carbons (Fsp3) is 0.261. The van der Waals surface area contributed by atoms with E-state index in [1.165, 1.54) is 18.5 Å². The molecule has 31 heavy (non-hydrogen) atoms. The van der Waals surface area contributed by atoms with E-state index >= 15 is 0 Å². The topological polar surface area (TPSA) is 69.7 Å². The SMILES string of the molecule is Cc1cc(N2CCCC2)ccc1/C=C1\SC(=O)N(CC(=O)Nc2cccc(Cl)c2)C1=O. The van der Waals surface area contributed by atoms with E-state index in [4.69, 9.17) is 11.6 Å². The second-order valence-electron chi connectivity index (χ2n) is 7.56. The molecule has 0 radical (unpaired) electrons. The summed E-state index contributed by atoms with van der Waals surface area (Å²) in [6, 6.07) is 12.8. The van der Waals surface area contributed by atoms with Crippen LogP contribution in [0.5, 0.6) is 0 Å². The van der Waals surface area contributed by atoms with Gasteiger partial charge >= 0.3 is 0 Å². The Morgan fingerprint density at radius 2 is 1.94 bits per heavy atom. The van der Waals surface area contributed by atoms with Gasteiger partial charge in [-0.15, -0.1) is 0 Å². The lowest BCUT2D eigenvalue weighted by molar-refractivity contribution is -0.127. The van der Waals surface area contributed by atoms with E-state index < -0.39 is 17.1 Å². The second-order valence-corrected chi connectivity index (χ2v) is 8.99. The largest absolute Gasteiger partial charge is 0.372 e. The third-order valence-electron chi connectivity index (χ3n) is 5.29. The summed E-state index contributed by atoms with van der Waals surface area (Å²) in [4.78, 5) is 41.1. The number of benzene rings is 2. The number of nitrogens with one attached hydrogen (secondary N) is 1. The normalized spacial score (nSPS) is 17.7. The quantitative estimate of drug-likeness (QED) is 0.648. The summed E-state index contributed by atoms with van der Waals surface area (Å²) in [5.74, 6) is -0.920. The monoisotopic (exact) mass is 455 g/mol. The van der Waals surface area contributed by atoms with Crippen molar-refractivity contribution < 1.29 is 14.4 Å². The number of hydrogen-bond acceptors (Lipinski definition) is 5. The lowest BCUT2D eigenvalue weighted by atomic mass is 10.1. The maximum Gasteiger partial charge on any atom is 0.294 e. The van der Waals surface area contributed by atoms with E-state index in [0.717, 1.165) is 40.9 Å². The number of carbonyl (C=O) groups excluding carboxylic acids is 3. The highest BCUT2D eigenvalue weighted by Crippen LogP contribution is 2.33. The van der Waals surface area contributed by atoms with Crippen LogP contribution in [0.15, 0.2) is 47.4 Å². The van der Waals surface area contributed by atoms with Crippen molar-refractivity contribution >= 4 is 57.9 Å². The molecule has 2 fully saturated rings. The van der Waals surface area contributed by atoms with Gasteiger partial charge in [-0.25, -0.2) is 0 Å². The van der Waals surface area contributed by atoms with Crippen molar-refractivity contribution in [3.63, 3.8) is 0 Å². The summed E-state index contributed by atoms with van der Waals surface area (Å²) in [6.07, 6.45) is 4.14. The molecule has 4 rings (SSSR count). The Balaban J connectivity index is 1.45. The number of amides is 3. The first-order valence-electron chi connectivity index (χ1n) is 10.1. The lowest BCUT2D eigenvalue weighted by Crippen LogP contribution is -2.36. The number of nitrogens with zero attached hydrogens (tertiary/aromatic N) is 2. The minimum absolute atomic E-state index is 0.317.